The summed E-state index contributed by atoms with van der Waals surface area (Å²) >= 11 is 3.63. The van der Waals surface area contributed by atoms with E-state index in [0.29, 0.717) is 60.5 Å². The van der Waals surface area contributed by atoms with Gasteiger partial charge >= 0.3 is 6.09 Å². The molecule has 0 unspecified atom stereocenters. The minimum atomic E-state index is -0.531. The average Bonchev–Trinajstić information content (AvgIpc) is 3.33. The van der Waals surface area contributed by atoms with Crippen molar-refractivity contribution < 1.29 is 14.3 Å². The number of carbonyl (C=O) groups excluding carboxylic acids is 1. The number of hydrogen-bond acceptors (Lipinski definition) is 10. The molecule has 5 aromatic rings. The van der Waals surface area contributed by atoms with Crippen LogP contribution in [-0.4, -0.2) is 72.3 Å². The summed E-state index contributed by atoms with van der Waals surface area (Å²) < 4.78 is 14.4. The number of fused-ring (bicyclic) bond motifs is 2. The van der Waals surface area contributed by atoms with Crippen molar-refractivity contribution in [3.05, 3.63) is 59.7 Å². The van der Waals surface area contributed by atoms with Gasteiger partial charge in [-0.3, -0.25) is 0 Å². The number of rotatable bonds is 5. The highest BCUT2D eigenvalue weighted by atomic mass is 79.9. The molecule has 0 atom stereocenters. The molecular weight excluding hydrogens is 602 g/mol. The fraction of sp³-hybridized carbons (Fsp3) is 0.310. The molecule has 1 fully saturated rings. The molecule has 0 aliphatic carbocycles. The number of amides is 1. The third-order valence-corrected chi connectivity index (χ3v) is 7.32. The summed E-state index contributed by atoms with van der Waals surface area (Å²) in [6.07, 6.45) is 4.64. The Morgan fingerprint density at radius 2 is 1.79 bits per heavy atom. The van der Waals surface area contributed by atoms with Crippen molar-refractivity contribution in [3.63, 3.8) is 0 Å². The van der Waals surface area contributed by atoms with Crippen molar-refractivity contribution in [3.8, 4) is 11.5 Å². The second-order valence-corrected chi connectivity index (χ2v) is 11.8. The van der Waals surface area contributed by atoms with Crippen LogP contribution < -0.4 is 15.0 Å². The number of nitrogens with zero attached hydrogens (tertiary/aromatic N) is 8. The van der Waals surface area contributed by atoms with E-state index in [2.05, 4.69) is 41.2 Å². The summed E-state index contributed by atoms with van der Waals surface area (Å²) in [5.74, 6) is 2.47. The van der Waals surface area contributed by atoms with Crippen LogP contribution >= 0.6 is 15.9 Å². The van der Waals surface area contributed by atoms with Gasteiger partial charge in [0.05, 0.1) is 28.0 Å². The third kappa shape index (κ3) is 5.91. The smallest absolute Gasteiger partial charge is 0.410 e. The first kappa shape index (κ1) is 27.6. The van der Waals surface area contributed by atoms with Gasteiger partial charge in [-0.25, -0.2) is 29.7 Å². The molecule has 0 bridgehead atoms. The van der Waals surface area contributed by atoms with Crippen molar-refractivity contribution in [1.82, 2.24) is 34.4 Å². The van der Waals surface area contributed by atoms with Crippen LogP contribution in [0.1, 0.15) is 20.8 Å². The number of nitrogens with one attached hydrogen (secondary N) is 1. The standard InChI is InChI=1S/C29H30BrN9O3/c1-29(2,3)42-28(40)39-11-9-38(10-12-39)27-31-15-22-25(36-27)26(33-16-32-22)35-18-5-8-24(20(30)13-18)41-19-6-7-23-21(14-19)34-17-37(23)4/h5-8,13-17H,9-12H2,1-4H3,(H,32,33,35). The summed E-state index contributed by atoms with van der Waals surface area (Å²) in [6.45, 7) is 7.80. The SMILES string of the molecule is Cn1cnc2cc(Oc3ccc(Nc4ncnc5cnc(N6CCN(C(=O)OC(C)(C)C)CC6)nc45)cc3Br)ccc21. The Bertz CT molecular complexity index is 1780. The Balaban J connectivity index is 1.16. The van der Waals surface area contributed by atoms with Crippen molar-refractivity contribution in [2.75, 3.05) is 36.4 Å². The maximum atomic E-state index is 12.4. The molecule has 3 aromatic heterocycles. The zero-order valence-electron chi connectivity index (χ0n) is 23.7. The normalized spacial score (nSPS) is 13.9. The van der Waals surface area contributed by atoms with Crippen LogP contribution in [0.2, 0.25) is 0 Å². The van der Waals surface area contributed by atoms with Crippen LogP contribution in [-0.2, 0) is 11.8 Å². The lowest BCUT2D eigenvalue weighted by Gasteiger charge is -2.35. The predicted octanol–water partition coefficient (Wildman–Crippen LogP) is 5.66. The van der Waals surface area contributed by atoms with Gasteiger partial charge in [-0.15, -0.1) is 0 Å². The molecule has 1 saturated heterocycles. The van der Waals surface area contributed by atoms with Gasteiger partial charge in [0.2, 0.25) is 5.95 Å². The summed E-state index contributed by atoms with van der Waals surface area (Å²) in [5.41, 5.74) is 3.38. The molecule has 1 amide bonds. The monoisotopic (exact) mass is 631 g/mol. The Labute approximate surface area is 250 Å². The first-order valence-electron chi connectivity index (χ1n) is 13.5. The molecule has 2 aromatic carbocycles. The van der Waals surface area contributed by atoms with E-state index in [0.717, 1.165) is 21.2 Å². The largest absolute Gasteiger partial charge is 0.456 e. The fourth-order valence-electron chi connectivity index (χ4n) is 4.61. The van der Waals surface area contributed by atoms with Crippen LogP contribution in [0.3, 0.4) is 0 Å². The average molecular weight is 633 g/mol. The molecule has 0 radical (unpaired) electrons. The minimum Gasteiger partial charge on any atom is -0.456 e. The van der Waals surface area contributed by atoms with Crippen LogP contribution in [0.5, 0.6) is 11.5 Å². The number of benzene rings is 2. The zero-order chi connectivity index (χ0) is 29.4. The first-order valence-corrected chi connectivity index (χ1v) is 14.3. The Morgan fingerprint density at radius 3 is 2.55 bits per heavy atom. The summed E-state index contributed by atoms with van der Waals surface area (Å²) in [5, 5.41) is 3.35. The number of halogens is 1. The second-order valence-electron chi connectivity index (χ2n) is 11.0. The molecule has 0 spiro atoms. The highest BCUT2D eigenvalue weighted by molar-refractivity contribution is 9.10. The molecule has 13 heteroatoms. The molecular formula is C29H30BrN9O3. The van der Waals surface area contributed by atoms with Crippen molar-refractivity contribution in [1.29, 1.82) is 0 Å². The molecule has 1 aliphatic rings. The first-order chi connectivity index (χ1) is 20.1. The van der Waals surface area contributed by atoms with E-state index >= 15 is 0 Å². The maximum absolute atomic E-state index is 12.4. The van der Waals surface area contributed by atoms with Crippen LogP contribution in [0, 0.1) is 0 Å². The number of anilines is 3. The van der Waals surface area contributed by atoms with Gasteiger partial charge < -0.3 is 29.2 Å². The van der Waals surface area contributed by atoms with Crippen LogP contribution in [0.4, 0.5) is 22.2 Å². The Morgan fingerprint density at radius 1 is 0.976 bits per heavy atom. The molecule has 12 nitrogen and oxygen atoms in total. The van der Waals surface area contributed by atoms with Gasteiger partial charge in [-0.05, 0) is 67.0 Å². The third-order valence-electron chi connectivity index (χ3n) is 6.70. The molecule has 6 rings (SSSR count). The lowest BCUT2D eigenvalue weighted by molar-refractivity contribution is 0.0240. The minimum absolute atomic E-state index is 0.307. The summed E-state index contributed by atoms with van der Waals surface area (Å²) in [7, 11) is 1.96. The fourth-order valence-corrected chi connectivity index (χ4v) is 5.07. The number of aromatic nitrogens is 6. The maximum Gasteiger partial charge on any atom is 0.410 e. The van der Waals surface area contributed by atoms with Crippen molar-refractivity contribution in [2.24, 2.45) is 7.05 Å². The van der Waals surface area contributed by atoms with Crippen molar-refractivity contribution >= 4 is 61.5 Å². The van der Waals surface area contributed by atoms with E-state index in [9.17, 15) is 4.79 Å². The van der Waals surface area contributed by atoms with Crippen LogP contribution in [0.15, 0.2) is 59.7 Å². The van der Waals surface area contributed by atoms with Gasteiger partial charge in [0.15, 0.2) is 5.82 Å². The summed E-state index contributed by atoms with van der Waals surface area (Å²) in [4.78, 5) is 38.7. The van der Waals surface area contributed by atoms with Gasteiger partial charge in [0.1, 0.15) is 34.5 Å². The number of aryl methyl sites for hydroxylation is 1. The predicted molar refractivity (Wildman–Crippen MR) is 163 cm³/mol. The molecule has 4 heterocycles. The van der Waals surface area contributed by atoms with E-state index in [1.807, 2.05) is 73.7 Å². The second kappa shape index (κ2) is 11.0. The Kier molecular flexibility index (Phi) is 7.27. The Hall–Kier alpha value is -4.52. The number of ether oxygens (including phenoxy) is 2. The lowest BCUT2D eigenvalue weighted by Crippen LogP contribution is -2.50. The quantitative estimate of drug-likeness (QED) is 0.260. The molecule has 0 saturated carbocycles. The number of carbonyl (C=O) groups is 1. The molecule has 1 N–H and O–H groups in total. The molecule has 1 aliphatic heterocycles. The molecule has 216 valence electrons. The van der Waals surface area contributed by atoms with E-state index < -0.39 is 5.60 Å². The highest BCUT2D eigenvalue weighted by Crippen LogP contribution is 2.34. The van der Waals surface area contributed by atoms with Crippen LogP contribution in [0.25, 0.3) is 22.1 Å². The zero-order valence-corrected chi connectivity index (χ0v) is 25.3. The topological polar surface area (TPSA) is 123 Å². The van der Waals surface area contributed by atoms with E-state index in [4.69, 9.17) is 14.5 Å². The number of imidazole rings is 1. The lowest BCUT2D eigenvalue weighted by atomic mass is 10.2. The highest BCUT2D eigenvalue weighted by Gasteiger charge is 2.27. The van der Waals surface area contributed by atoms with Crippen molar-refractivity contribution in [2.45, 2.75) is 26.4 Å². The number of hydrogen-bond donors (Lipinski definition) is 1. The number of piperazine rings is 1. The van der Waals surface area contributed by atoms with Gasteiger partial charge in [0.25, 0.3) is 0 Å². The summed E-state index contributed by atoms with van der Waals surface area (Å²) in [6, 6.07) is 11.5. The van der Waals surface area contributed by atoms with Gasteiger partial charge in [0, 0.05) is 45.0 Å². The van der Waals surface area contributed by atoms with E-state index in [1.54, 1.807) is 17.4 Å². The van der Waals surface area contributed by atoms with E-state index in [-0.39, 0.29) is 6.09 Å². The van der Waals surface area contributed by atoms with E-state index in [1.165, 1.54) is 6.33 Å². The molecule has 42 heavy (non-hydrogen) atoms. The van der Waals surface area contributed by atoms with Gasteiger partial charge in [-0.1, -0.05) is 0 Å². The van der Waals surface area contributed by atoms with Gasteiger partial charge in [-0.2, -0.15) is 0 Å².